The summed E-state index contributed by atoms with van der Waals surface area (Å²) in [6, 6.07) is 12.6. The second-order valence-corrected chi connectivity index (χ2v) is 7.33. The van der Waals surface area contributed by atoms with Gasteiger partial charge in [0, 0.05) is 12.1 Å². The molecule has 0 heterocycles. The first-order valence-electron chi connectivity index (χ1n) is 7.87. The van der Waals surface area contributed by atoms with E-state index in [9.17, 15) is 13.2 Å². The van der Waals surface area contributed by atoms with Gasteiger partial charge in [-0.05, 0) is 41.8 Å². The lowest BCUT2D eigenvalue weighted by Crippen LogP contribution is -2.23. The van der Waals surface area contributed by atoms with Gasteiger partial charge in [-0.25, -0.2) is 0 Å². The molecule has 1 N–H and O–H groups in total. The molecule has 132 valence electrons. The zero-order valence-corrected chi connectivity index (χ0v) is 15.0. The molecule has 0 aliphatic rings. The van der Waals surface area contributed by atoms with Crippen LogP contribution in [-0.4, -0.2) is 20.9 Å². The molecule has 0 spiro atoms. The summed E-state index contributed by atoms with van der Waals surface area (Å²) in [6.07, 6.45) is 1.54. The molecular formula is C19H21NO4S. The number of hydrogen-bond donors (Lipinski definition) is 1. The second-order valence-electron chi connectivity index (χ2n) is 5.79. The number of carbonyl (C=O) groups is 1. The third kappa shape index (κ3) is 4.93. The fourth-order valence-electron chi connectivity index (χ4n) is 2.14. The van der Waals surface area contributed by atoms with Crippen LogP contribution in [0.3, 0.4) is 0 Å². The van der Waals surface area contributed by atoms with Crippen LogP contribution in [0.4, 0.5) is 0 Å². The van der Waals surface area contributed by atoms with Crippen molar-refractivity contribution in [2.45, 2.75) is 24.7 Å². The fourth-order valence-corrected chi connectivity index (χ4v) is 3.12. The van der Waals surface area contributed by atoms with Crippen LogP contribution >= 0.6 is 0 Å². The van der Waals surface area contributed by atoms with Crippen molar-refractivity contribution in [3.63, 3.8) is 0 Å². The van der Waals surface area contributed by atoms with Gasteiger partial charge in [-0.2, -0.15) is 8.42 Å². The molecule has 0 aliphatic carbocycles. The van der Waals surface area contributed by atoms with E-state index >= 15 is 0 Å². The SMILES string of the molecule is C=CCNC(=O)c1cccc(S(=O)(=O)Oc2ccc(C(C)C)cc2)c1. The van der Waals surface area contributed by atoms with Gasteiger partial charge in [-0.15, -0.1) is 6.58 Å². The summed E-state index contributed by atoms with van der Waals surface area (Å²) in [5.41, 5.74) is 1.33. The molecule has 0 aliphatic heterocycles. The average molecular weight is 359 g/mol. The van der Waals surface area contributed by atoms with E-state index < -0.39 is 10.1 Å². The van der Waals surface area contributed by atoms with E-state index in [1.807, 2.05) is 12.1 Å². The number of amides is 1. The zero-order valence-electron chi connectivity index (χ0n) is 14.2. The Kier molecular flexibility index (Phi) is 5.98. The third-order valence-corrected chi connectivity index (χ3v) is 4.79. The molecule has 0 atom stereocenters. The smallest absolute Gasteiger partial charge is 0.339 e. The molecule has 0 unspecified atom stereocenters. The molecule has 1 amide bonds. The van der Waals surface area contributed by atoms with Gasteiger partial charge < -0.3 is 9.50 Å². The van der Waals surface area contributed by atoms with Crippen molar-refractivity contribution in [1.82, 2.24) is 5.32 Å². The molecule has 25 heavy (non-hydrogen) atoms. The molecular weight excluding hydrogens is 338 g/mol. The van der Waals surface area contributed by atoms with Crippen LogP contribution in [0.5, 0.6) is 5.75 Å². The van der Waals surface area contributed by atoms with Crippen molar-refractivity contribution >= 4 is 16.0 Å². The summed E-state index contributed by atoms with van der Waals surface area (Å²) in [7, 11) is -4.02. The van der Waals surface area contributed by atoms with Crippen molar-refractivity contribution in [2.75, 3.05) is 6.54 Å². The van der Waals surface area contributed by atoms with E-state index in [4.69, 9.17) is 4.18 Å². The molecule has 0 fully saturated rings. The Labute approximate surface area is 148 Å². The predicted octanol–water partition coefficient (Wildman–Crippen LogP) is 3.49. The van der Waals surface area contributed by atoms with Crippen LogP contribution in [0, 0.1) is 0 Å². The van der Waals surface area contributed by atoms with Crippen molar-refractivity contribution in [1.29, 1.82) is 0 Å². The molecule has 0 aromatic heterocycles. The van der Waals surface area contributed by atoms with E-state index in [0.717, 1.165) is 5.56 Å². The van der Waals surface area contributed by atoms with Crippen molar-refractivity contribution in [3.8, 4) is 5.75 Å². The Morgan fingerprint density at radius 1 is 1.20 bits per heavy atom. The lowest BCUT2D eigenvalue weighted by atomic mass is 10.0. The molecule has 0 saturated heterocycles. The van der Waals surface area contributed by atoms with Crippen LogP contribution in [0.2, 0.25) is 0 Å². The molecule has 2 rings (SSSR count). The van der Waals surface area contributed by atoms with Gasteiger partial charge in [-0.1, -0.05) is 38.1 Å². The molecule has 2 aromatic carbocycles. The van der Waals surface area contributed by atoms with Crippen molar-refractivity contribution < 1.29 is 17.4 Å². The maximum absolute atomic E-state index is 12.4. The third-order valence-electron chi connectivity index (χ3n) is 3.54. The monoisotopic (exact) mass is 359 g/mol. The summed E-state index contributed by atoms with van der Waals surface area (Å²) in [6.45, 7) is 7.92. The van der Waals surface area contributed by atoms with E-state index in [2.05, 4.69) is 25.7 Å². The lowest BCUT2D eigenvalue weighted by Gasteiger charge is -2.10. The minimum absolute atomic E-state index is 0.0771. The van der Waals surface area contributed by atoms with Gasteiger partial charge in [0.1, 0.15) is 10.6 Å². The van der Waals surface area contributed by atoms with Crippen molar-refractivity contribution in [3.05, 3.63) is 72.3 Å². The fraction of sp³-hybridized carbons (Fsp3) is 0.211. The number of benzene rings is 2. The van der Waals surface area contributed by atoms with Crippen LogP contribution in [-0.2, 0) is 10.1 Å². The molecule has 0 radical (unpaired) electrons. The maximum atomic E-state index is 12.4. The van der Waals surface area contributed by atoms with Gasteiger partial charge in [0.25, 0.3) is 5.91 Å². The summed E-state index contributed by atoms with van der Waals surface area (Å²) in [4.78, 5) is 11.9. The van der Waals surface area contributed by atoms with Crippen LogP contribution in [0.25, 0.3) is 0 Å². The molecule has 6 heteroatoms. The number of nitrogens with one attached hydrogen (secondary N) is 1. The highest BCUT2D eigenvalue weighted by Gasteiger charge is 2.18. The van der Waals surface area contributed by atoms with E-state index in [0.29, 0.717) is 12.5 Å². The van der Waals surface area contributed by atoms with Crippen LogP contribution < -0.4 is 9.50 Å². The van der Waals surface area contributed by atoms with Gasteiger partial charge in [0.05, 0.1) is 0 Å². The van der Waals surface area contributed by atoms with Gasteiger partial charge >= 0.3 is 10.1 Å². The standard InChI is InChI=1S/C19H21NO4S/c1-4-12-20-19(21)16-6-5-7-18(13-16)25(22,23)24-17-10-8-15(9-11-17)14(2)3/h4-11,13-14H,1,12H2,2-3H3,(H,20,21). The molecule has 0 bridgehead atoms. The van der Waals surface area contributed by atoms with Gasteiger partial charge in [0.2, 0.25) is 0 Å². The average Bonchev–Trinajstić information content (AvgIpc) is 2.60. The quantitative estimate of drug-likeness (QED) is 0.607. The maximum Gasteiger partial charge on any atom is 0.339 e. The Morgan fingerprint density at radius 2 is 1.88 bits per heavy atom. The highest BCUT2D eigenvalue weighted by Crippen LogP contribution is 2.22. The Balaban J connectivity index is 2.21. The number of rotatable bonds is 7. The minimum Gasteiger partial charge on any atom is -0.379 e. The summed E-state index contributed by atoms with van der Waals surface area (Å²) >= 11 is 0. The Hall–Kier alpha value is -2.60. The molecule has 0 saturated carbocycles. The van der Waals surface area contributed by atoms with Crippen molar-refractivity contribution in [2.24, 2.45) is 0 Å². The number of carbonyl (C=O) groups excluding carboxylic acids is 1. The summed E-state index contributed by atoms with van der Waals surface area (Å²) in [5.74, 6) is 0.195. The lowest BCUT2D eigenvalue weighted by molar-refractivity contribution is 0.0958. The first-order valence-corrected chi connectivity index (χ1v) is 9.28. The molecule has 5 nitrogen and oxygen atoms in total. The largest absolute Gasteiger partial charge is 0.379 e. The first-order chi connectivity index (χ1) is 11.8. The first kappa shape index (κ1) is 18.7. The summed E-state index contributed by atoms with van der Waals surface area (Å²) in [5, 5.41) is 2.60. The number of hydrogen-bond acceptors (Lipinski definition) is 4. The minimum atomic E-state index is -4.02. The molecule has 2 aromatic rings. The van der Waals surface area contributed by atoms with E-state index in [1.165, 1.54) is 24.3 Å². The Morgan fingerprint density at radius 3 is 2.48 bits per heavy atom. The topological polar surface area (TPSA) is 72.5 Å². The van der Waals surface area contributed by atoms with Crippen LogP contribution in [0.15, 0.2) is 66.1 Å². The Bertz CT molecular complexity index is 855. The van der Waals surface area contributed by atoms with E-state index in [-0.39, 0.29) is 22.1 Å². The van der Waals surface area contributed by atoms with Crippen LogP contribution in [0.1, 0.15) is 35.7 Å². The predicted molar refractivity (Wildman–Crippen MR) is 97.3 cm³/mol. The van der Waals surface area contributed by atoms with Gasteiger partial charge in [-0.3, -0.25) is 4.79 Å². The summed E-state index contributed by atoms with van der Waals surface area (Å²) < 4.78 is 30.0. The van der Waals surface area contributed by atoms with Gasteiger partial charge in [0.15, 0.2) is 0 Å². The van der Waals surface area contributed by atoms with E-state index in [1.54, 1.807) is 18.2 Å². The highest BCUT2D eigenvalue weighted by molar-refractivity contribution is 7.87. The zero-order chi connectivity index (χ0) is 18.4. The highest BCUT2D eigenvalue weighted by atomic mass is 32.2. The normalized spacial score (nSPS) is 11.2. The second kappa shape index (κ2) is 7.98.